The number of carbonyl (C=O) groups is 1. The number of hydrogen-bond donors (Lipinski definition) is 1. The molecule has 1 aromatic carbocycles. The zero-order valence-electron chi connectivity index (χ0n) is 11.5. The third-order valence-corrected chi connectivity index (χ3v) is 2.68. The molecule has 1 heterocycles. The van der Waals surface area contributed by atoms with E-state index >= 15 is 0 Å². The molecule has 0 unspecified atom stereocenters. The van der Waals surface area contributed by atoms with Crippen molar-refractivity contribution in [2.24, 2.45) is 0 Å². The molecule has 0 saturated heterocycles. The molecule has 0 fully saturated rings. The van der Waals surface area contributed by atoms with Crippen molar-refractivity contribution in [3.8, 4) is 22.8 Å². The number of H-pyrrole nitrogens is 1. The van der Waals surface area contributed by atoms with E-state index < -0.39 is 5.97 Å². The highest BCUT2D eigenvalue weighted by molar-refractivity contribution is 5.94. The molecular weight excluding hydrogens is 262 g/mol. The molecule has 106 valence electrons. The summed E-state index contributed by atoms with van der Waals surface area (Å²) in [5, 5.41) is 10.3. The first kappa shape index (κ1) is 13.9. The summed E-state index contributed by atoms with van der Waals surface area (Å²) in [6.45, 7) is 1.99. The third-order valence-electron chi connectivity index (χ3n) is 2.68. The second kappa shape index (κ2) is 6.05. The zero-order chi connectivity index (χ0) is 14.5. The first-order chi connectivity index (χ1) is 9.71. The first-order valence-electron chi connectivity index (χ1n) is 6.01. The number of hydrogen-bond acceptors (Lipinski definition) is 6. The van der Waals surface area contributed by atoms with Crippen LogP contribution in [0.25, 0.3) is 11.3 Å². The van der Waals surface area contributed by atoms with E-state index in [1.165, 1.54) is 7.11 Å². The fourth-order valence-corrected chi connectivity index (χ4v) is 1.76. The third kappa shape index (κ3) is 2.56. The molecule has 0 amide bonds. The molecule has 0 spiro atoms. The van der Waals surface area contributed by atoms with Crippen molar-refractivity contribution in [1.82, 2.24) is 15.4 Å². The number of carbonyl (C=O) groups excluding carboxylic acids is 1. The molecular formula is C13H15N3O4. The summed E-state index contributed by atoms with van der Waals surface area (Å²) in [5.74, 6) is 0.644. The predicted molar refractivity (Wildman–Crippen MR) is 70.9 cm³/mol. The van der Waals surface area contributed by atoms with E-state index in [2.05, 4.69) is 15.4 Å². The maximum absolute atomic E-state index is 11.8. The summed E-state index contributed by atoms with van der Waals surface area (Å²) in [6, 6.07) is 5.21. The maximum Gasteiger partial charge on any atom is 0.361 e. The summed E-state index contributed by atoms with van der Waals surface area (Å²) in [6.07, 6.45) is 0. The minimum atomic E-state index is -0.541. The van der Waals surface area contributed by atoms with E-state index in [1.54, 1.807) is 32.2 Å². The number of ether oxygens (including phenoxy) is 3. The lowest BCUT2D eigenvalue weighted by molar-refractivity contribution is 0.0520. The van der Waals surface area contributed by atoms with Crippen LogP contribution < -0.4 is 9.47 Å². The Morgan fingerprint density at radius 3 is 2.70 bits per heavy atom. The van der Waals surface area contributed by atoms with Crippen LogP contribution in [0.15, 0.2) is 18.2 Å². The largest absolute Gasteiger partial charge is 0.497 e. The van der Waals surface area contributed by atoms with Gasteiger partial charge in [0.15, 0.2) is 5.69 Å². The van der Waals surface area contributed by atoms with Crippen LogP contribution in [0, 0.1) is 0 Å². The second-order valence-corrected chi connectivity index (χ2v) is 3.81. The van der Waals surface area contributed by atoms with Gasteiger partial charge in [-0.15, -0.1) is 5.10 Å². The van der Waals surface area contributed by atoms with Gasteiger partial charge in [0.1, 0.15) is 17.2 Å². The Labute approximate surface area is 115 Å². The molecule has 0 radical (unpaired) electrons. The normalized spacial score (nSPS) is 10.2. The molecule has 20 heavy (non-hydrogen) atoms. The molecule has 2 aromatic rings. The Bertz CT molecular complexity index is 609. The molecule has 0 atom stereocenters. The Hall–Kier alpha value is -2.57. The lowest BCUT2D eigenvalue weighted by Gasteiger charge is -2.09. The van der Waals surface area contributed by atoms with Gasteiger partial charge in [-0.1, -0.05) is 0 Å². The van der Waals surface area contributed by atoms with Crippen LogP contribution in [0.2, 0.25) is 0 Å². The van der Waals surface area contributed by atoms with Crippen LogP contribution in [-0.2, 0) is 4.74 Å². The molecule has 0 saturated carbocycles. The monoisotopic (exact) mass is 277 g/mol. The number of esters is 1. The highest BCUT2D eigenvalue weighted by Gasteiger charge is 2.22. The van der Waals surface area contributed by atoms with Gasteiger partial charge in [0.2, 0.25) is 0 Å². The van der Waals surface area contributed by atoms with E-state index in [9.17, 15) is 4.79 Å². The smallest absolute Gasteiger partial charge is 0.361 e. The van der Waals surface area contributed by atoms with E-state index in [0.29, 0.717) is 22.8 Å². The van der Waals surface area contributed by atoms with Gasteiger partial charge < -0.3 is 14.2 Å². The standard InChI is InChI=1S/C13H15N3O4/c1-4-20-13(17)12-11(14-16-15-12)9-7-8(18-2)5-6-10(9)19-3/h5-7H,4H2,1-3H3,(H,14,15,16). The van der Waals surface area contributed by atoms with Crippen LogP contribution in [0.1, 0.15) is 17.4 Å². The van der Waals surface area contributed by atoms with E-state index in [0.717, 1.165) is 0 Å². The molecule has 7 heteroatoms. The van der Waals surface area contributed by atoms with Crippen molar-refractivity contribution in [3.05, 3.63) is 23.9 Å². The van der Waals surface area contributed by atoms with Gasteiger partial charge in [-0.05, 0) is 25.1 Å². The van der Waals surface area contributed by atoms with Crippen molar-refractivity contribution in [3.63, 3.8) is 0 Å². The summed E-state index contributed by atoms with van der Waals surface area (Å²) < 4.78 is 15.4. The average molecular weight is 277 g/mol. The average Bonchev–Trinajstić information content (AvgIpc) is 2.96. The van der Waals surface area contributed by atoms with Crippen molar-refractivity contribution in [2.75, 3.05) is 20.8 Å². The minimum Gasteiger partial charge on any atom is -0.497 e. The number of aromatic amines is 1. The van der Waals surface area contributed by atoms with Crippen molar-refractivity contribution in [1.29, 1.82) is 0 Å². The molecule has 0 aliphatic rings. The quantitative estimate of drug-likeness (QED) is 0.836. The molecule has 1 N–H and O–H groups in total. The van der Waals surface area contributed by atoms with Gasteiger partial charge in [0.25, 0.3) is 0 Å². The second-order valence-electron chi connectivity index (χ2n) is 3.81. The molecule has 7 nitrogen and oxygen atoms in total. The highest BCUT2D eigenvalue weighted by Crippen LogP contribution is 2.33. The van der Waals surface area contributed by atoms with Crippen molar-refractivity contribution < 1.29 is 19.0 Å². The van der Waals surface area contributed by atoms with Crippen molar-refractivity contribution >= 4 is 5.97 Å². The summed E-state index contributed by atoms with van der Waals surface area (Å²) >= 11 is 0. The van der Waals surface area contributed by atoms with Gasteiger partial charge in [-0.25, -0.2) is 4.79 Å². The van der Waals surface area contributed by atoms with E-state index in [-0.39, 0.29) is 12.3 Å². The van der Waals surface area contributed by atoms with Crippen LogP contribution in [0.4, 0.5) is 0 Å². The summed E-state index contributed by atoms with van der Waals surface area (Å²) in [4.78, 5) is 11.8. The molecule has 0 aliphatic heterocycles. The Morgan fingerprint density at radius 1 is 1.25 bits per heavy atom. The van der Waals surface area contributed by atoms with Crippen LogP contribution >= 0.6 is 0 Å². The molecule has 0 aliphatic carbocycles. The maximum atomic E-state index is 11.8. The zero-order valence-corrected chi connectivity index (χ0v) is 11.5. The number of nitrogens with zero attached hydrogens (tertiary/aromatic N) is 2. The first-order valence-corrected chi connectivity index (χ1v) is 6.01. The Morgan fingerprint density at radius 2 is 2.05 bits per heavy atom. The number of methoxy groups -OCH3 is 2. The van der Waals surface area contributed by atoms with Gasteiger partial charge in [0, 0.05) is 0 Å². The van der Waals surface area contributed by atoms with Crippen LogP contribution in [0.5, 0.6) is 11.5 Å². The fraction of sp³-hybridized carbons (Fsp3) is 0.308. The van der Waals surface area contributed by atoms with Crippen molar-refractivity contribution in [2.45, 2.75) is 6.92 Å². The summed E-state index contributed by atoms with van der Waals surface area (Å²) in [5.41, 5.74) is 1.07. The van der Waals surface area contributed by atoms with Gasteiger partial charge >= 0.3 is 5.97 Å². The fourth-order valence-electron chi connectivity index (χ4n) is 1.76. The summed E-state index contributed by atoms with van der Waals surface area (Å²) in [7, 11) is 3.09. The number of nitrogens with one attached hydrogen (secondary N) is 1. The lowest BCUT2D eigenvalue weighted by atomic mass is 10.1. The Balaban J connectivity index is 2.51. The van der Waals surface area contributed by atoms with Gasteiger partial charge in [-0.2, -0.15) is 10.3 Å². The predicted octanol–water partition coefficient (Wildman–Crippen LogP) is 1.67. The van der Waals surface area contributed by atoms with Crippen LogP contribution in [0.3, 0.4) is 0 Å². The number of aromatic nitrogens is 3. The van der Waals surface area contributed by atoms with E-state index in [1.807, 2.05) is 0 Å². The van der Waals surface area contributed by atoms with Gasteiger partial charge in [-0.3, -0.25) is 0 Å². The highest BCUT2D eigenvalue weighted by atomic mass is 16.5. The molecule has 1 aromatic heterocycles. The molecule has 2 rings (SSSR count). The SMILES string of the molecule is CCOC(=O)c1n[nH]nc1-c1cc(OC)ccc1OC. The number of benzene rings is 1. The lowest BCUT2D eigenvalue weighted by Crippen LogP contribution is -2.07. The molecule has 0 bridgehead atoms. The van der Waals surface area contributed by atoms with Gasteiger partial charge in [0.05, 0.1) is 26.4 Å². The van der Waals surface area contributed by atoms with Crippen LogP contribution in [-0.4, -0.2) is 42.2 Å². The topological polar surface area (TPSA) is 86.3 Å². The minimum absolute atomic E-state index is 0.110. The van der Waals surface area contributed by atoms with E-state index in [4.69, 9.17) is 14.2 Å². The number of rotatable bonds is 5. The Kier molecular flexibility index (Phi) is 4.19.